The minimum absolute atomic E-state index is 0. The summed E-state index contributed by atoms with van der Waals surface area (Å²) in [4.78, 5) is 14.2. The molecule has 0 atom stereocenters. The normalized spacial score (nSPS) is 15.5. The lowest BCUT2D eigenvalue weighted by atomic mass is 9.90. The highest BCUT2D eigenvalue weighted by molar-refractivity contribution is 5.85. The van der Waals surface area contributed by atoms with Crippen molar-refractivity contribution < 1.29 is 4.74 Å². The van der Waals surface area contributed by atoms with Crippen LogP contribution in [0.2, 0.25) is 0 Å². The van der Waals surface area contributed by atoms with Crippen molar-refractivity contribution in [3.63, 3.8) is 0 Å². The van der Waals surface area contributed by atoms with Gasteiger partial charge < -0.3 is 19.9 Å². The standard InChI is InChI=1S/C24H27N5O.ClH/c1-28-11-13-29(14-12-28)20-8-6-19(7-9-20)26-24-25-16-18-4-3-17-5-10-21(30-2)15-22(17)23(18)27-24;/h5-10,15-16H,3-4,11-14H2,1-2H3,(H,25,26,27);1H. The van der Waals surface area contributed by atoms with Gasteiger partial charge in [-0.1, -0.05) is 6.07 Å². The first-order chi connectivity index (χ1) is 14.7. The molecule has 2 aliphatic rings. The minimum Gasteiger partial charge on any atom is -0.497 e. The second-order valence-electron chi connectivity index (χ2n) is 8.05. The molecule has 5 rings (SSSR count). The van der Waals surface area contributed by atoms with Crippen LogP contribution in [-0.4, -0.2) is 55.2 Å². The van der Waals surface area contributed by atoms with Gasteiger partial charge in [0.2, 0.25) is 5.95 Å². The Balaban J connectivity index is 0.00000231. The van der Waals surface area contributed by atoms with Crippen molar-refractivity contribution in [2.24, 2.45) is 0 Å². The minimum atomic E-state index is 0. The van der Waals surface area contributed by atoms with Crippen molar-refractivity contribution in [3.05, 3.63) is 59.8 Å². The maximum Gasteiger partial charge on any atom is 0.227 e. The lowest BCUT2D eigenvalue weighted by molar-refractivity contribution is 0.313. The summed E-state index contributed by atoms with van der Waals surface area (Å²) in [7, 11) is 3.88. The molecule has 31 heavy (non-hydrogen) atoms. The SMILES string of the molecule is COc1ccc2c(c1)-c1nc(Nc3ccc(N4CCN(C)CC4)cc3)ncc1CC2.Cl. The summed E-state index contributed by atoms with van der Waals surface area (Å²) < 4.78 is 5.42. The Hall–Kier alpha value is -2.83. The number of ether oxygens (including phenoxy) is 1. The molecule has 162 valence electrons. The molecule has 2 aromatic carbocycles. The van der Waals surface area contributed by atoms with Gasteiger partial charge in [-0.2, -0.15) is 0 Å². The number of aromatic nitrogens is 2. The van der Waals surface area contributed by atoms with E-state index in [1.807, 2.05) is 12.3 Å². The van der Waals surface area contributed by atoms with E-state index in [1.54, 1.807) is 7.11 Å². The molecule has 7 heteroatoms. The first-order valence-corrected chi connectivity index (χ1v) is 10.5. The fourth-order valence-corrected chi connectivity index (χ4v) is 4.22. The Labute approximate surface area is 189 Å². The molecule has 0 radical (unpaired) electrons. The van der Waals surface area contributed by atoms with E-state index >= 15 is 0 Å². The van der Waals surface area contributed by atoms with Crippen molar-refractivity contribution in [2.45, 2.75) is 12.8 Å². The van der Waals surface area contributed by atoms with Gasteiger partial charge >= 0.3 is 0 Å². The van der Waals surface area contributed by atoms with E-state index in [2.05, 4.69) is 63.5 Å². The van der Waals surface area contributed by atoms with Crippen LogP contribution in [0.5, 0.6) is 5.75 Å². The molecule has 0 amide bonds. The van der Waals surface area contributed by atoms with Crippen molar-refractivity contribution in [2.75, 3.05) is 50.6 Å². The van der Waals surface area contributed by atoms with Gasteiger partial charge in [0.05, 0.1) is 12.8 Å². The van der Waals surface area contributed by atoms with E-state index in [4.69, 9.17) is 9.72 Å². The van der Waals surface area contributed by atoms with Crippen LogP contribution in [0.4, 0.5) is 17.3 Å². The molecule has 1 aliphatic carbocycles. The van der Waals surface area contributed by atoms with Gasteiger partial charge in [0.25, 0.3) is 0 Å². The zero-order valence-electron chi connectivity index (χ0n) is 18.0. The molecule has 1 saturated heterocycles. The molecule has 1 aromatic heterocycles. The van der Waals surface area contributed by atoms with Gasteiger partial charge in [-0.05, 0) is 67.4 Å². The number of hydrogen-bond donors (Lipinski definition) is 1. The van der Waals surface area contributed by atoms with Gasteiger partial charge in [0.15, 0.2) is 0 Å². The van der Waals surface area contributed by atoms with Crippen LogP contribution in [0.1, 0.15) is 11.1 Å². The molecule has 0 bridgehead atoms. The van der Waals surface area contributed by atoms with E-state index in [1.165, 1.54) is 16.8 Å². The maximum absolute atomic E-state index is 5.42. The van der Waals surface area contributed by atoms with Crippen LogP contribution in [0.15, 0.2) is 48.7 Å². The van der Waals surface area contributed by atoms with Crippen molar-refractivity contribution in [3.8, 4) is 17.0 Å². The Morgan fingerprint density at radius 3 is 2.42 bits per heavy atom. The highest BCUT2D eigenvalue weighted by Gasteiger charge is 2.19. The molecular weight excluding hydrogens is 410 g/mol. The Kier molecular flexibility index (Phi) is 6.30. The van der Waals surface area contributed by atoms with E-state index in [0.29, 0.717) is 5.95 Å². The first-order valence-electron chi connectivity index (χ1n) is 10.5. The zero-order chi connectivity index (χ0) is 20.5. The van der Waals surface area contributed by atoms with Gasteiger partial charge in [-0.15, -0.1) is 12.4 Å². The van der Waals surface area contributed by atoms with E-state index in [0.717, 1.165) is 61.7 Å². The monoisotopic (exact) mass is 437 g/mol. The van der Waals surface area contributed by atoms with Gasteiger partial charge in [-0.3, -0.25) is 0 Å². The van der Waals surface area contributed by atoms with Crippen LogP contribution in [0.3, 0.4) is 0 Å². The highest BCUT2D eigenvalue weighted by atomic mass is 35.5. The molecule has 1 N–H and O–H groups in total. The van der Waals surface area contributed by atoms with Crippen LogP contribution >= 0.6 is 12.4 Å². The Morgan fingerprint density at radius 1 is 0.935 bits per heavy atom. The fraction of sp³-hybridized carbons (Fsp3) is 0.333. The summed E-state index contributed by atoms with van der Waals surface area (Å²) in [6.45, 7) is 4.35. The number of rotatable bonds is 4. The summed E-state index contributed by atoms with van der Waals surface area (Å²) in [5.74, 6) is 1.48. The number of halogens is 1. The predicted molar refractivity (Wildman–Crippen MR) is 128 cm³/mol. The molecule has 0 unspecified atom stereocenters. The number of piperazine rings is 1. The second-order valence-corrected chi connectivity index (χ2v) is 8.05. The average Bonchev–Trinajstić information content (AvgIpc) is 2.80. The number of anilines is 3. The second kappa shape index (κ2) is 9.12. The van der Waals surface area contributed by atoms with Crippen molar-refractivity contribution in [1.29, 1.82) is 0 Å². The average molecular weight is 438 g/mol. The summed E-state index contributed by atoms with van der Waals surface area (Å²) >= 11 is 0. The highest BCUT2D eigenvalue weighted by Crippen LogP contribution is 2.35. The number of hydrogen-bond acceptors (Lipinski definition) is 6. The zero-order valence-corrected chi connectivity index (χ0v) is 18.8. The molecule has 2 heterocycles. The quantitative estimate of drug-likeness (QED) is 0.661. The van der Waals surface area contributed by atoms with Crippen LogP contribution in [0, 0.1) is 0 Å². The number of likely N-dealkylation sites (N-methyl/N-ethyl adjacent to an activating group) is 1. The first kappa shape index (κ1) is 21.4. The topological polar surface area (TPSA) is 53.5 Å². The van der Waals surface area contributed by atoms with Crippen LogP contribution in [-0.2, 0) is 12.8 Å². The largest absolute Gasteiger partial charge is 0.497 e. The lowest BCUT2D eigenvalue weighted by Gasteiger charge is -2.34. The summed E-state index contributed by atoms with van der Waals surface area (Å²) in [6.07, 6.45) is 3.93. The maximum atomic E-state index is 5.42. The van der Waals surface area contributed by atoms with E-state index in [9.17, 15) is 0 Å². The number of nitrogens with zero attached hydrogens (tertiary/aromatic N) is 4. The molecular formula is C24H28ClN5O. The molecule has 1 fully saturated rings. The summed E-state index contributed by atoms with van der Waals surface area (Å²) in [6, 6.07) is 14.8. The number of nitrogens with one attached hydrogen (secondary N) is 1. The third-order valence-corrected chi connectivity index (χ3v) is 6.09. The fourth-order valence-electron chi connectivity index (χ4n) is 4.22. The third kappa shape index (κ3) is 4.45. The van der Waals surface area contributed by atoms with E-state index in [-0.39, 0.29) is 12.4 Å². The lowest BCUT2D eigenvalue weighted by Crippen LogP contribution is -2.44. The number of benzene rings is 2. The molecule has 3 aromatic rings. The predicted octanol–water partition coefficient (Wildman–Crippen LogP) is 4.17. The van der Waals surface area contributed by atoms with Crippen molar-refractivity contribution in [1.82, 2.24) is 14.9 Å². The summed E-state index contributed by atoms with van der Waals surface area (Å²) in [5.41, 5.74) is 6.90. The third-order valence-electron chi connectivity index (χ3n) is 6.09. The molecule has 6 nitrogen and oxygen atoms in total. The Morgan fingerprint density at radius 2 is 1.68 bits per heavy atom. The molecule has 0 spiro atoms. The number of methoxy groups -OCH3 is 1. The van der Waals surface area contributed by atoms with Crippen LogP contribution in [0.25, 0.3) is 11.3 Å². The summed E-state index contributed by atoms with van der Waals surface area (Å²) in [5, 5.41) is 3.37. The van der Waals surface area contributed by atoms with Crippen LogP contribution < -0.4 is 15.0 Å². The van der Waals surface area contributed by atoms with Gasteiger partial charge in [-0.25, -0.2) is 9.97 Å². The van der Waals surface area contributed by atoms with Crippen molar-refractivity contribution >= 4 is 29.7 Å². The van der Waals surface area contributed by atoms with Gasteiger partial charge in [0.1, 0.15) is 5.75 Å². The molecule has 1 aliphatic heterocycles. The van der Waals surface area contributed by atoms with Gasteiger partial charge in [0, 0.05) is 49.3 Å². The number of fused-ring (bicyclic) bond motifs is 3. The Bertz CT molecular complexity index is 1050. The van der Waals surface area contributed by atoms with E-state index < -0.39 is 0 Å². The number of aryl methyl sites for hydroxylation is 2. The molecule has 0 saturated carbocycles. The smallest absolute Gasteiger partial charge is 0.227 e.